The fraction of sp³-hybridized carbons (Fsp3) is 0.667. The average Bonchev–Trinajstić information content (AvgIpc) is 2.47. The number of nitrogens with zero attached hydrogens (tertiary/aromatic N) is 2. The smallest absolute Gasteiger partial charge is 0.0397 e. The molecule has 0 amide bonds. The molecule has 1 N–H and O–H groups in total. The molecule has 118 valence electrons. The molecule has 0 saturated carbocycles. The highest BCUT2D eigenvalue weighted by Crippen LogP contribution is 2.22. The Morgan fingerprint density at radius 1 is 1.14 bits per heavy atom. The van der Waals surface area contributed by atoms with Crippen LogP contribution in [0.5, 0.6) is 0 Å². The molecule has 1 aliphatic heterocycles. The summed E-state index contributed by atoms with van der Waals surface area (Å²) >= 11 is 0. The second kappa shape index (κ2) is 7.81. The number of nitrogens with one attached hydrogen (secondary N) is 1. The van der Waals surface area contributed by atoms with Crippen molar-refractivity contribution in [3.8, 4) is 0 Å². The Kier molecular flexibility index (Phi) is 6.07. The molecular formula is C18H31N3. The van der Waals surface area contributed by atoms with Crippen molar-refractivity contribution in [3.63, 3.8) is 0 Å². The van der Waals surface area contributed by atoms with Crippen molar-refractivity contribution in [2.24, 2.45) is 0 Å². The van der Waals surface area contributed by atoms with E-state index in [1.165, 1.54) is 42.9 Å². The molecule has 21 heavy (non-hydrogen) atoms. The number of aryl methyl sites for hydroxylation is 1. The minimum atomic E-state index is 0.539. The van der Waals surface area contributed by atoms with Gasteiger partial charge in [0, 0.05) is 44.5 Å². The molecule has 3 heteroatoms. The van der Waals surface area contributed by atoms with Gasteiger partial charge in [0.1, 0.15) is 0 Å². The van der Waals surface area contributed by atoms with Crippen LogP contribution in [0.4, 0.5) is 5.69 Å². The minimum Gasteiger partial charge on any atom is -0.369 e. The predicted molar refractivity (Wildman–Crippen MR) is 92.1 cm³/mol. The van der Waals surface area contributed by atoms with Gasteiger partial charge in [0.25, 0.3) is 0 Å². The molecule has 1 aromatic rings. The molecule has 0 aliphatic carbocycles. The Labute approximate surface area is 130 Å². The van der Waals surface area contributed by atoms with Crippen LogP contribution >= 0.6 is 0 Å². The van der Waals surface area contributed by atoms with Gasteiger partial charge >= 0.3 is 0 Å². The first-order chi connectivity index (χ1) is 10.1. The lowest BCUT2D eigenvalue weighted by Crippen LogP contribution is -2.46. The summed E-state index contributed by atoms with van der Waals surface area (Å²) in [6, 6.07) is 7.46. The van der Waals surface area contributed by atoms with Crippen LogP contribution in [-0.4, -0.2) is 43.7 Å². The molecule has 1 aliphatic rings. The summed E-state index contributed by atoms with van der Waals surface area (Å²) in [5, 5.41) is 3.49. The normalized spacial score (nSPS) is 16.7. The molecule has 0 radical (unpaired) electrons. The predicted octanol–water partition coefficient (Wildman–Crippen LogP) is 3.03. The van der Waals surface area contributed by atoms with Gasteiger partial charge < -0.3 is 10.2 Å². The van der Waals surface area contributed by atoms with Crippen molar-refractivity contribution in [1.82, 2.24) is 10.2 Å². The van der Waals surface area contributed by atoms with Gasteiger partial charge in [0.05, 0.1) is 0 Å². The van der Waals surface area contributed by atoms with Gasteiger partial charge in [-0.1, -0.05) is 32.9 Å². The second-order valence-corrected chi connectivity index (χ2v) is 6.49. The van der Waals surface area contributed by atoms with E-state index >= 15 is 0 Å². The molecule has 0 atom stereocenters. The molecule has 0 aromatic heterocycles. The van der Waals surface area contributed by atoms with Crippen molar-refractivity contribution < 1.29 is 0 Å². The molecule has 1 heterocycles. The van der Waals surface area contributed by atoms with E-state index < -0.39 is 0 Å². The highest BCUT2D eigenvalue weighted by Gasteiger charge is 2.17. The molecule has 1 aromatic carbocycles. The zero-order valence-corrected chi connectivity index (χ0v) is 14.2. The number of hydrogen-bond donors (Lipinski definition) is 1. The van der Waals surface area contributed by atoms with E-state index in [1.54, 1.807) is 0 Å². The first-order valence-electron chi connectivity index (χ1n) is 8.40. The third-order valence-corrected chi connectivity index (χ3v) is 4.23. The Balaban J connectivity index is 1.95. The monoisotopic (exact) mass is 289 g/mol. The van der Waals surface area contributed by atoms with Gasteiger partial charge in [-0.3, -0.25) is 4.90 Å². The molecule has 1 fully saturated rings. The molecule has 1 saturated heterocycles. The zero-order chi connectivity index (χ0) is 15.2. The van der Waals surface area contributed by atoms with Crippen molar-refractivity contribution >= 4 is 5.69 Å². The molecule has 2 rings (SSSR count). The average molecular weight is 289 g/mol. The highest BCUT2D eigenvalue weighted by molar-refractivity contribution is 5.54. The van der Waals surface area contributed by atoms with Crippen LogP contribution < -0.4 is 10.2 Å². The van der Waals surface area contributed by atoms with Crippen LogP contribution in [0.2, 0.25) is 0 Å². The van der Waals surface area contributed by atoms with E-state index in [0.717, 1.165) is 19.6 Å². The summed E-state index contributed by atoms with van der Waals surface area (Å²) in [5.74, 6) is 0. The molecule has 0 bridgehead atoms. The molecular weight excluding hydrogens is 258 g/mol. The Hall–Kier alpha value is -1.06. The van der Waals surface area contributed by atoms with Crippen molar-refractivity contribution in [1.29, 1.82) is 0 Å². The van der Waals surface area contributed by atoms with Crippen molar-refractivity contribution in [3.05, 3.63) is 29.3 Å². The summed E-state index contributed by atoms with van der Waals surface area (Å²) in [4.78, 5) is 5.12. The van der Waals surface area contributed by atoms with E-state index in [9.17, 15) is 0 Å². The summed E-state index contributed by atoms with van der Waals surface area (Å²) in [5.41, 5.74) is 4.20. The topological polar surface area (TPSA) is 18.5 Å². The van der Waals surface area contributed by atoms with Gasteiger partial charge in [0.2, 0.25) is 0 Å². The zero-order valence-electron chi connectivity index (χ0n) is 14.2. The second-order valence-electron chi connectivity index (χ2n) is 6.49. The quantitative estimate of drug-likeness (QED) is 0.868. The van der Waals surface area contributed by atoms with Crippen LogP contribution in [0.1, 0.15) is 38.3 Å². The lowest BCUT2D eigenvalue weighted by Gasteiger charge is -2.36. The van der Waals surface area contributed by atoms with Gasteiger partial charge in [-0.15, -0.1) is 0 Å². The largest absolute Gasteiger partial charge is 0.369 e. The van der Waals surface area contributed by atoms with Crippen LogP contribution in [0.15, 0.2) is 18.2 Å². The summed E-state index contributed by atoms with van der Waals surface area (Å²) < 4.78 is 0. The number of piperazine rings is 1. The van der Waals surface area contributed by atoms with E-state index in [-0.39, 0.29) is 0 Å². The Morgan fingerprint density at radius 2 is 1.86 bits per heavy atom. The lowest BCUT2D eigenvalue weighted by molar-refractivity contribution is 0.258. The fourth-order valence-corrected chi connectivity index (χ4v) is 3.03. The fourth-order valence-electron chi connectivity index (χ4n) is 3.03. The standard InChI is InChI=1S/C18H31N3/c1-5-8-20-9-11-21(12-10-20)18-7-6-17(13-16(18)4)14-19-15(2)3/h6-7,13,15,19H,5,8-12,14H2,1-4H3. The van der Waals surface area contributed by atoms with Gasteiger partial charge in [-0.2, -0.15) is 0 Å². The van der Waals surface area contributed by atoms with Crippen LogP contribution in [0, 0.1) is 6.92 Å². The summed E-state index contributed by atoms with van der Waals surface area (Å²) in [6.07, 6.45) is 1.26. The van der Waals surface area contributed by atoms with E-state index in [0.29, 0.717) is 6.04 Å². The lowest BCUT2D eigenvalue weighted by atomic mass is 10.1. The summed E-state index contributed by atoms with van der Waals surface area (Å²) in [7, 11) is 0. The third-order valence-electron chi connectivity index (χ3n) is 4.23. The molecule has 3 nitrogen and oxygen atoms in total. The van der Waals surface area contributed by atoms with Crippen LogP contribution in [0.3, 0.4) is 0 Å². The molecule has 0 unspecified atom stereocenters. The van der Waals surface area contributed by atoms with Crippen molar-refractivity contribution in [2.75, 3.05) is 37.6 Å². The van der Waals surface area contributed by atoms with Crippen molar-refractivity contribution in [2.45, 2.75) is 46.7 Å². The van der Waals surface area contributed by atoms with E-state index in [2.05, 4.69) is 61.0 Å². The maximum Gasteiger partial charge on any atom is 0.0397 e. The Bertz CT molecular complexity index is 434. The minimum absolute atomic E-state index is 0.539. The van der Waals surface area contributed by atoms with Gasteiger partial charge in [-0.25, -0.2) is 0 Å². The number of hydrogen-bond acceptors (Lipinski definition) is 3. The van der Waals surface area contributed by atoms with Gasteiger partial charge in [0.15, 0.2) is 0 Å². The number of rotatable bonds is 6. The first kappa shape index (κ1) is 16.3. The SMILES string of the molecule is CCCN1CCN(c2ccc(CNC(C)C)cc2C)CC1. The maximum atomic E-state index is 3.49. The first-order valence-corrected chi connectivity index (χ1v) is 8.40. The number of benzene rings is 1. The van der Waals surface area contributed by atoms with E-state index in [1.807, 2.05) is 0 Å². The highest BCUT2D eigenvalue weighted by atomic mass is 15.3. The van der Waals surface area contributed by atoms with Gasteiger partial charge in [-0.05, 0) is 37.1 Å². The number of anilines is 1. The van der Waals surface area contributed by atoms with Crippen LogP contribution in [0.25, 0.3) is 0 Å². The van der Waals surface area contributed by atoms with Crippen LogP contribution in [-0.2, 0) is 6.54 Å². The van der Waals surface area contributed by atoms with E-state index in [4.69, 9.17) is 0 Å². The molecule has 0 spiro atoms. The Morgan fingerprint density at radius 3 is 2.43 bits per heavy atom. The third kappa shape index (κ3) is 4.72. The maximum absolute atomic E-state index is 3.49. The summed E-state index contributed by atoms with van der Waals surface area (Å²) in [6.45, 7) is 15.8.